The SMILES string of the molecule is O=C(OCC1CC2CC(C1)O2)OCC1CCC2OC2C1. The first kappa shape index (κ1) is 12.9. The van der Waals surface area contributed by atoms with E-state index in [0.29, 0.717) is 49.5 Å². The van der Waals surface area contributed by atoms with E-state index in [4.69, 9.17) is 18.9 Å². The van der Waals surface area contributed by atoms with Crippen molar-refractivity contribution in [3.63, 3.8) is 0 Å². The summed E-state index contributed by atoms with van der Waals surface area (Å²) in [5.74, 6) is 0.900. The van der Waals surface area contributed by atoms with Crippen LogP contribution in [0.3, 0.4) is 0 Å². The van der Waals surface area contributed by atoms with Crippen molar-refractivity contribution in [1.29, 1.82) is 0 Å². The second-order valence-corrected chi connectivity index (χ2v) is 6.72. The highest BCUT2D eigenvalue weighted by molar-refractivity contribution is 5.59. The van der Waals surface area contributed by atoms with Crippen LogP contribution in [0.25, 0.3) is 0 Å². The molecule has 5 rings (SSSR count). The van der Waals surface area contributed by atoms with Gasteiger partial charge in [0.2, 0.25) is 0 Å². The Morgan fingerprint density at radius 2 is 1.55 bits per heavy atom. The molecule has 112 valence electrons. The molecule has 0 aromatic heterocycles. The van der Waals surface area contributed by atoms with Crippen LogP contribution in [0.4, 0.5) is 4.79 Å². The van der Waals surface area contributed by atoms with Gasteiger partial charge < -0.3 is 18.9 Å². The van der Waals surface area contributed by atoms with E-state index in [1.165, 1.54) is 6.42 Å². The molecule has 20 heavy (non-hydrogen) atoms. The zero-order valence-electron chi connectivity index (χ0n) is 11.7. The van der Waals surface area contributed by atoms with Gasteiger partial charge in [-0.05, 0) is 50.4 Å². The fourth-order valence-electron chi connectivity index (χ4n) is 3.89. The van der Waals surface area contributed by atoms with Crippen molar-refractivity contribution in [1.82, 2.24) is 0 Å². The molecule has 5 nitrogen and oxygen atoms in total. The Hall–Kier alpha value is -0.810. The minimum atomic E-state index is -0.510. The standard InChI is InChI=1S/C15H22O5/c16-15(17-7-9-1-2-13-14(5-9)20-13)18-8-10-3-11-6-12(4-10)19-11/h9-14H,1-8H2. The van der Waals surface area contributed by atoms with Crippen molar-refractivity contribution in [2.45, 2.75) is 62.9 Å². The first-order valence-electron chi connectivity index (χ1n) is 7.86. The number of hydrogen-bond donors (Lipinski definition) is 0. The Bertz CT molecular complexity index is 355. The summed E-state index contributed by atoms with van der Waals surface area (Å²) in [7, 11) is 0. The number of carbonyl (C=O) groups excluding carboxylic acids is 1. The molecule has 0 aromatic carbocycles. The predicted molar refractivity (Wildman–Crippen MR) is 69.3 cm³/mol. The van der Waals surface area contributed by atoms with Gasteiger partial charge in [0.1, 0.15) is 0 Å². The largest absolute Gasteiger partial charge is 0.508 e. The Kier molecular flexibility index (Phi) is 3.34. The maximum Gasteiger partial charge on any atom is 0.508 e. The van der Waals surface area contributed by atoms with Gasteiger partial charge in [-0.2, -0.15) is 0 Å². The monoisotopic (exact) mass is 282 g/mol. The topological polar surface area (TPSA) is 57.3 Å². The van der Waals surface area contributed by atoms with Crippen LogP contribution in [-0.2, 0) is 18.9 Å². The van der Waals surface area contributed by atoms with Gasteiger partial charge in [-0.3, -0.25) is 0 Å². The lowest BCUT2D eigenvalue weighted by Gasteiger charge is -2.44. The predicted octanol–water partition coefficient (Wildman–Crippen LogP) is 2.27. The Morgan fingerprint density at radius 3 is 2.25 bits per heavy atom. The molecule has 5 heteroatoms. The summed E-state index contributed by atoms with van der Waals surface area (Å²) >= 11 is 0. The highest BCUT2D eigenvalue weighted by atomic mass is 16.7. The third-order valence-corrected chi connectivity index (χ3v) is 5.09. The van der Waals surface area contributed by atoms with E-state index >= 15 is 0 Å². The van der Waals surface area contributed by atoms with Gasteiger partial charge in [-0.15, -0.1) is 0 Å². The molecule has 2 bridgehead atoms. The summed E-state index contributed by atoms with van der Waals surface area (Å²) in [5.41, 5.74) is 0. The van der Waals surface area contributed by atoms with E-state index in [9.17, 15) is 4.79 Å². The van der Waals surface area contributed by atoms with Gasteiger partial charge in [-0.1, -0.05) is 0 Å². The van der Waals surface area contributed by atoms with Crippen LogP contribution in [0.5, 0.6) is 0 Å². The second-order valence-electron chi connectivity index (χ2n) is 6.72. The second kappa shape index (κ2) is 5.19. The average Bonchev–Trinajstić information content (AvgIpc) is 3.21. The van der Waals surface area contributed by atoms with E-state index in [1.54, 1.807) is 0 Å². The molecule has 5 atom stereocenters. The molecule has 0 aromatic rings. The van der Waals surface area contributed by atoms with Gasteiger partial charge in [-0.25, -0.2) is 4.79 Å². The van der Waals surface area contributed by atoms with Gasteiger partial charge in [0.05, 0.1) is 37.6 Å². The zero-order valence-corrected chi connectivity index (χ0v) is 11.7. The van der Waals surface area contributed by atoms with Crippen LogP contribution in [0, 0.1) is 11.8 Å². The van der Waals surface area contributed by atoms with E-state index in [0.717, 1.165) is 32.1 Å². The van der Waals surface area contributed by atoms with Crippen LogP contribution < -0.4 is 0 Å². The molecule has 0 radical (unpaired) electrons. The van der Waals surface area contributed by atoms with Crippen molar-refractivity contribution in [3.8, 4) is 0 Å². The van der Waals surface area contributed by atoms with Crippen molar-refractivity contribution in [2.24, 2.45) is 11.8 Å². The summed E-state index contributed by atoms with van der Waals surface area (Å²) in [4.78, 5) is 11.6. The van der Waals surface area contributed by atoms with Crippen LogP contribution in [0.2, 0.25) is 0 Å². The highest BCUT2D eigenvalue weighted by Gasteiger charge is 2.44. The quantitative estimate of drug-likeness (QED) is 0.585. The smallest absolute Gasteiger partial charge is 0.434 e. The van der Waals surface area contributed by atoms with E-state index < -0.39 is 6.16 Å². The fourth-order valence-corrected chi connectivity index (χ4v) is 3.89. The zero-order chi connectivity index (χ0) is 13.5. The number of epoxide rings is 1. The molecule has 0 N–H and O–H groups in total. The maximum absolute atomic E-state index is 11.6. The minimum absolute atomic E-state index is 0.409. The molecular formula is C15H22O5. The first-order valence-corrected chi connectivity index (χ1v) is 7.86. The average molecular weight is 282 g/mol. The van der Waals surface area contributed by atoms with E-state index in [1.807, 2.05) is 0 Å². The minimum Gasteiger partial charge on any atom is -0.434 e. The Morgan fingerprint density at radius 1 is 0.850 bits per heavy atom. The molecule has 3 aliphatic heterocycles. The van der Waals surface area contributed by atoms with Gasteiger partial charge in [0.25, 0.3) is 0 Å². The van der Waals surface area contributed by atoms with E-state index in [-0.39, 0.29) is 0 Å². The van der Waals surface area contributed by atoms with Crippen LogP contribution in [0.1, 0.15) is 38.5 Å². The maximum atomic E-state index is 11.6. The number of fused-ring (bicyclic) bond motifs is 3. The lowest BCUT2D eigenvalue weighted by molar-refractivity contribution is -0.178. The third-order valence-electron chi connectivity index (χ3n) is 5.09. The number of ether oxygens (including phenoxy) is 4. The van der Waals surface area contributed by atoms with Gasteiger partial charge in [0.15, 0.2) is 0 Å². The lowest BCUT2D eigenvalue weighted by Crippen LogP contribution is -2.46. The number of hydrogen-bond acceptors (Lipinski definition) is 5. The Balaban J connectivity index is 1.12. The van der Waals surface area contributed by atoms with E-state index in [2.05, 4.69) is 0 Å². The highest BCUT2D eigenvalue weighted by Crippen LogP contribution is 2.40. The molecule has 3 saturated heterocycles. The molecule has 0 spiro atoms. The molecule has 5 fully saturated rings. The lowest BCUT2D eigenvalue weighted by atomic mass is 9.81. The summed E-state index contributed by atoms with van der Waals surface area (Å²) in [6.45, 7) is 0.956. The number of rotatable bonds is 4. The molecular weight excluding hydrogens is 260 g/mol. The molecule has 5 unspecified atom stereocenters. The summed E-state index contributed by atoms with van der Waals surface area (Å²) in [5, 5.41) is 0. The van der Waals surface area contributed by atoms with Crippen molar-refractivity contribution in [2.75, 3.05) is 13.2 Å². The molecule has 2 saturated carbocycles. The summed E-state index contributed by atoms with van der Waals surface area (Å²) in [6.07, 6.45) is 7.70. The van der Waals surface area contributed by atoms with Crippen LogP contribution >= 0.6 is 0 Å². The first-order chi connectivity index (χ1) is 9.76. The fraction of sp³-hybridized carbons (Fsp3) is 0.933. The van der Waals surface area contributed by atoms with Crippen molar-refractivity contribution in [3.05, 3.63) is 0 Å². The molecule has 2 aliphatic carbocycles. The van der Waals surface area contributed by atoms with Gasteiger partial charge >= 0.3 is 6.16 Å². The summed E-state index contributed by atoms with van der Waals surface area (Å²) < 4.78 is 21.5. The normalized spacial score (nSPS) is 45.0. The van der Waals surface area contributed by atoms with Crippen molar-refractivity contribution >= 4 is 6.16 Å². The number of carbonyl (C=O) groups is 1. The van der Waals surface area contributed by atoms with Crippen molar-refractivity contribution < 1.29 is 23.7 Å². The molecule has 5 aliphatic rings. The third kappa shape index (κ3) is 2.79. The van der Waals surface area contributed by atoms with Gasteiger partial charge in [0, 0.05) is 0 Å². The molecule has 3 heterocycles. The van der Waals surface area contributed by atoms with Crippen LogP contribution in [-0.4, -0.2) is 43.8 Å². The van der Waals surface area contributed by atoms with Crippen LogP contribution in [0.15, 0.2) is 0 Å². The Labute approximate surface area is 118 Å². The molecule has 0 amide bonds. The summed E-state index contributed by atoms with van der Waals surface area (Å²) in [6, 6.07) is 0.